The standard InChI is InChI=1S/C12H16ClN5/c1-3-7-9(12(13)18(2)17-7)11-10-8(4-5-14-11)15-6-16-10/h6,11,14H,3-5H2,1-2H3,(H,15,16)/t11-/m1/s1. The predicted molar refractivity (Wildman–Crippen MR) is 69.7 cm³/mol. The van der Waals surface area contributed by atoms with Gasteiger partial charge in [-0.2, -0.15) is 5.10 Å². The highest BCUT2D eigenvalue weighted by molar-refractivity contribution is 6.30. The van der Waals surface area contributed by atoms with E-state index in [-0.39, 0.29) is 6.04 Å². The third-order valence-electron chi connectivity index (χ3n) is 3.46. The van der Waals surface area contributed by atoms with Crippen LogP contribution in [0.3, 0.4) is 0 Å². The van der Waals surface area contributed by atoms with Gasteiger partial charge in [-0.15, -0.1) is 0 Å². The summed E-state index contributed by atoms with van der Waals surface area (Å²) >= 11 is 6.38. The minimum Gasteiger partial charge on any atom is -0.348 e. The number of aromatic amines is 1. The second-order valence-electron chi connectivity index (χ2n) is 4.53. The predicted octanol–water partition coefficient (Wildman–Crippen LogP) is 1.59. The monoisotopic (exact) mass is 265 g/mol. The van der Waals surface area contributed by atoms with Crippen molar-refractivity contribution in [1.29, 1.82) is 0 Å². The number of nitrogens with one attached hydrogen (secondary N) is 2. The fourth-order valence-corrected chi connectivity index (χ4v) is 2.83. The van der Waals surface area contributed by atoms with Gasteiger partial charge in [-0.1, -0.05) is 18.5 Å². The van der Waals surface area contributed by atoms with E-state index in [2.05, 4.69) is 27.3 Å². The van der Waals surface area contributed by atoms with Crippen LogP contribution in [0.1, 0.15) is 35.6 Å². The van der Waals surface area contributed by atoms with E-state index in [1.54, 1.807) is 11.0 Å². The zero-order valence-electron chi connectivity index (χ0n) is 10.5. The molecular weight excluding hydrogens is 250 g/mol. The molecule has 0 radical (unpaired) electrons. The highest BCUT2D eigenvalue weighted by Gasteiger charge is 2.29. The fraction of sp³-hybridized carbons (Fsp3) is 0.500. The zero-order valence-corrected chi connectivity index (χ0v) is 11.3. The van der Waals surface area contributed by atoms with Crippen molar-refractivity contribution >= 4 is 11.6 Å². The molecule has 5 nitrogen and oxygen atoms in total. The molecule has 0 aromatic carbocycles. The molecule has 1 atom stereocenters. The molecule has 0 amide bonds. The summed E-state index contributed by atoms with van der Waals surface area (Å²) in [6, 6.07) is 0.0520. The summed E-state index contributed by atoms with van der Waals surface area (Å²) in [7, 11) is 1.87. The van der Waals surface area contributed by atoms with Gasteiger partial charge in [0.1, 0.15) is 5.15 Å². The lowest BCUT2D eigenvalue weighted by Crippen LogP contribution is -2.31. The Morgan fingerprint density at radius 3 is 3.17 bits per heavy atom. The largest absolute Gasteiger partial charge is 0.348 e. The molecule has 2 aromatic heterocycles. The third-order valence-corrected chi connectivity index (χ3v) is 3.91. The number of hydrogen-bond acceptors (Lipinski definition) is 3. The molecule has 1 aliphatic heterocycles. The number of imidazole rings is 1. The number of nitrogens with zero attached hydrogens (tertiary/aromatic N) is 3. The van der Waals surface area contributed by atoms with Gasteiger partial charge in [0.15, 0.2) is 0 Å². The molecule has 0 saturated carbocycles. The van der Waals surface area contributed by atoms with E-state index < -0.39 is 0 Å². The normalized spacial score (nSPS) is 18.9. The molecule has 0 bridgehead atoms. The van der Waals surface area contributed by atoms with Gasteiger partial charge in [0.25, 0.3) is 0 Å². The van der Waals surface area contributed by atoms with Crippen LogP contribution in [0.15, 0.2) is 6.33 Å². The van der Waals surface area contributed by atoms with Gasteiger partial charge >= 0.3 is 0 Å². The maximum Gasteiger partial charge on any atom is 0.132 e. The first-order valence-electron chi connectivity index (χ1n) is 6.19. The first kappa shape index (κ1) is 11.7. The Balaban J connectivity index is 2.12. The number of H-pyrrole nitrogens is 1. The summed E-state index contributed by atoms with van der Waals surface area (Å²) in [5.74, 6) is 0. The average Bonchev–Trinajstić information content (AvgIpc) is 2.95. The smallest absolute Gasteiger partial charge is 0.132 e. The Kier molecular flexibility index (Phi) is 2.87. The first-order chi connectivity index (χ1) is 8.72. The molecule has 3 rings (SSSR count). The van der Waals surface area contributed by atoms with Crippen LogP contribution in [0.25, 0.3) is 0 Å². The molecule has 3 heterocycles. The molecule has 1 aliphatic rings. The number of hydrogen-bond donors (Lipinski definition) is 2. The molecule has 0 aliphatic carbocycles. The molecule has 0 unspecified atom stereocenters. The van der Waals surface area contributed by atoms with Crippen molar-refractivity contribution in [2.24, 2.45) is 7.05 Å². The van der Waals surface area contributed by atoms with Crippen molar-refractivity contribution in [2.75, 3.05) is 6.54 Å². The molecule has 0 spiro atoms. The highest BCUT2D eigenvalue weighted by atomic mass is 35.5. The van der Waals surface area contributed by atoms with Crippen LogP contribution in [0.4, 0.5) is 0 Å². The van der Waals surface area contributed by atoms with Crippen molar-refractivity contribution in [2.45, 2.75) is 25.8 Å². The maximum atomic E-state index is 6.38. The molecule has 0 saturated heterocycles. The minimum absolute atomic E-state index is 0.0520. The first-order valence-corrected chi connectivity index (χ1v) is 6.57. The maximum absolute atomic E-state index is 6.38. The highest BCUT2D eigenvalue weighted by Crippen LogP contribution is 2.33. The molecule has 18 heavy (non-hydrogen) atoms. The molecular formula is C12H16ClN5. The Morgan fingerprint density at radius 2 is 2.39 bits per heavy atom. The van der Waals surface area contributed by atoms with Crippen molar-refractivity contribution in [1.82, 2.24) is 25.1 Å². The van der Waals surface area contributed by atoms with E-state index in [9.17, 15) is 0 Å². The Morgan fingerprint density at radius 1 is 1.56 bits per heavy atom. The number of rotatable bonds is 2. The summed E-state index contributed by atoms with van der Waals surface area (Å²) in [6.45, 7) is 3.02. The lowest BCUT2D eigenvalue weighted by atomic mass is 9.97. The van der Waals surface area contributed by atoms with Gasteiger partial charge in [0.2, 0.25) is 0 Å². The van der Waals surface area contributed by atoms with Gasteiger partial charge in [0.05, 0.1) is 23.8 Å². The summed E-state index contributed by atoms with van der Waals surface area (Å²) in [5.41, 5.74) is 4.34. The molecule has 96 valence electrons. The lowest BCUT2D eigenvalue weighted by molar-refractivity contribution is 0.550. The third kappa shape index (κ3) is 1.66. The molecule has 2 N–H and O–H groups in total. The van der Waals surface area contributed by atoms with Crippen molar-refractivity contribution < 1.29 is 0 Å². The second kappa shape index (κ2) is 4.40. The summed E-state index contributed by atoms with van der Waals surface area (Å²) < 4.78 is 1.73. The van der Waals surface area contributed by atoms with Crippen LogP contribution < -0.4 is 5.32 Å². The fourth-order valence-electron chi connectivity index (χ4n) is 2.58. The molecule has 2 aromatic rings. The van der Waals surface area contributed by atoms with Crippen molar-refractivity contribution in [3.05, 3.63) is 34.1 Å². The minimum atomic E-state index is 0.0520. The molecule has 6 heteroatoms. The topological polar surface area (TPSA) is 58.5 Å². The number of halogens is 1. The van der Waals surface area contributed by atoms with Crippen LogP contribution in [-0.4, -0.2) is 26.3 Å². The van der Waals surface area contributed by atoms with E-state index in [0.717, 1.165) is 36.3 Å². The SMILES string of the molecule is CCc1nn(C)c(Cl)c1[C@H]1NCCc2[nH]cnc21. The van der Waals surface area contributed by atoms with Crippen LogP contribution in [0.2, 0.25) is 5.15 Å². The van der Waals surface area contributed by atoms with E-state index >= 15 is 0 Å². The van der Waals surface area contributed by atoms with E-state index in [1.807, 2.05) is 7.05 Å². The van der Waals surface area contributed by atoms with E-state index in [4.69, 9.17) is 11.6 Å². The van der Waals surface area contributed by atoms with Crippen LogP contribution in [-0.2, 0) is 19.9 Å². The quantitative estimate of drug-likeness (QED) is 0.867. The molecule has 0 fully saturated rings. The number of fused-ring (bicyclic) bond motifs is 1. The number of aromatic nitrogens is 4. The van der Waals surface area contributed by atoms with Gasteiger partial charge in [0, 0.05) is 31.3 Å². The van der Waals surface area contributed by atoms with E-state index in [0.29, 0.717) is 5.15 Å². The van der Waals surface area contributed by atoms with Gasteiger partial charge in [-0.25, -0.2) is 4.98 Å². The van der Waals surface area contributed by atoms with Crippen LogP contribution in [0.5, 0.6) is 0 Å². The average molecular weight is 266 g/mol. The van der Waals surface area contributed by atoms with Crippen molar-refractivity contribution in [3.63, 3.8) is 0 Å². The van der Waals surface area contributed by atoms with Gasteiger partial charge in [-0.3, -0.25) is 4.68 Å². The van der Waals surface area contributed by atoms with Gasteiger partial charge in [-0.05, 0) is 6.42 Å². The lowest BCUT2D eigenvalue weighted by Gasteiger charge is -2.23. The summed E-state index contributed by atoms with van der Waals surface area (Å²) in [5, 5.41) is 8.65. The van der Waals surface area contributed by atoms with Crippen LogP contribution in [0, 0.1) is 0 Å². The van der Waals surface area contributed by atoms with E-state index in [1.165, 1.54) is 5.69 Å². The Bertz CT molecular complexity index is 571. The van der Waals surface area contributed by atoms with Crippen molar-refractivity contribution in [3.8, 4) is 0 Å². The summed E-state index contributed by atoms with van der Waals surface area (Å²) in [4.78, 5) is 7.63. The second-order valence-corrected chi connectivity index (χ2v) is 4.89. The summed E-state index contributed by atoms with van der Waals surface area (Å²) in [6.07, 6.45) is 3.60. The van der Waals surface area contributed by atoms with Gasteiger partial charge < -0.3 is 10.3 Å². The Labute approximate surface area is 111 Å². The Hall–Kier alpha value is -1.33. The zero-order chi connectivity index (χ0) is 12.7. The number of aryl methyl sites for hydroxylation is 2. The van der Waals surface area contributed by atoms with Crippen LogP contribution >= 0.6 is 11.6 Å².